The summed E-state index contributed by atoms with van der Waals surface area (Å²) < 4.78 is 5.89. The van der Waals surface area contributed by atoms with Crippen molar-refractivity contribution in [2.45, 2.75) is 13.3 Å². The van der Waals surface area contributed by atoms with Crippen molar-refractivity contribution in [2.75, 3.05) is 44.3 Å². The number of aryl methyl sites for hydroxylation is 1. The van der Waals surface area contributed by atoms with E-state index in [9.17, 15) is 9.59 Å². The van der Waals surface area contributed by atoms with Crippen LogP contribution in [0.2, 0.25) is 0 Å². The number of fused-ring (bicyclic) bond motifs is 2. The summed E-state index contributed by atoms with van der Waals surface area (Å²) in [5.74, 6) is 0.155. The quantitative estimate of drug-likeness (QED) is 0.381. The zero-order valence-electron chi connectivity index (χ0n) is 19.9. The molecule has 4 N–H and O–H groups in total. The van der Waals surface area contributed by atoms with E-state index in [2.05, 4.69) is 15.2 Å². The van der Waals surface area contributed by atoms with Crippen molar-refractivity contribution >= 4 is 45.1 Å². The summed E-state index contributed by atoms with van der Waals surface area (Å²) in [6, 6.07) is 16.8. The minimum Gasteiger partial charge on any atom is -0.409 e. The Balaban J connectivity index is 1.48. The molecule has 1 aromatic heterocycles. The van der Waals surface area contributed by atoms with E-state index in [0.717, 1.165) is 40.3 Å². The van der Waals surface area contributed by atoms with Crippen LogP contribution < -0.4 is 15.8 Å². The highest BCUT2D eigenvalue weighted by atomic mass is 16.6. The molecule has 0 saturated carbocycles. The first-order valence-corrected chi connectivity index (χ1v) is 11.8. The number of amides is 2. The van der Waals surface area contributed by atoms with Crippen molar-refractivity contribution in [3.8, 4) is 5.75 Å². The second-order valence-corrected chi connectivity index (χ2v) is 8.94. The van der Waals surface area contributed by atoms with Gasteiger partial charge in [-0.1, -0.05) is 31.2 Å². The van der Waals surface area contributed by atoms with Gasteiger partial charge in [-0.3, -0.25) is 4.79 Å². The number of aromatic amines is 1. The van der Waals surface area contributed by atoms with Crippen molar-refractivity contribution < 1.29 is 14.3 Å². The van der Waals surface area contributed by atoms with Crippen molar-refractivity contribution in [1.29, 1.82) is 0 Å². The molecule has 1 aliphatic rings. The Hall–Kier alpha value is -4.04. The van der Waals surface area contributed by atoms with Crippen LogP contribution in [0.15, 0.2) is 54.6 Å². The number of likely N-dealkylation sites (N-methyl/N-ethyl adjacent to an activating group) is 1. The lowest BCUT2D eigenvalue weighted by atomic mass is 9.99. The molecule has 0 atom stereocenters. The molecule has 1 fully saturated rings. The lowest BCUT2D eigenvalue weighted by molar-refractivity contribution is 0.102. The Bertz CT molecular complexity index is 1420. The van der Waals surface area contributed by atoms with Crippen molar-refractivity contribution in [1.82, 2.24) is 14.8 Å². The van der Waals surface area contributed by atoms with Crippen LogP contribution in [0.5, 0.6) is 5.75 Å². The van der Waals surface area contributed by atoms with Crippen molar-refractivity contribution in [3.63, 3.8) is 0 Å². The van der Waals surface area contributed by atoms with Crippen LogP contribution in [0, 0.1) is 0 Å². The number of ether oxygens (including phenoxy) is 1. The molecule has 2 heterocycles. The fraction of sp³-hybridized carbons (Fsp3) is 0.259. The number of carbonyl (C=O) groups is 2. The van der Waals surface area contributed by atoms with Gasteiger partial charge in [-0.2, -0.15) is 0 Å². The van der Waals surface area contributed by atoms with Gasteiger partial charge in [0.15, 0.2) is 0 Å². The number of anilines is 2. The Morgan fingerprint density at radius 1 is 1.03 bits per heavy atom. The van der Waals surface area contributed by atoms with Gasteiger partial charge in [-0.25, -0.2) is 4.79 Å². The zero-order chi connectivity index (χ0) is 24.5. The molecule has 0 aliphatic carbocycles. The molecule has 180 valence electrons. The fourth-order valence-corrected chi connectivity index (χ4v) is 4.59. The number of hydrogen-bond acceptors (Lipinski definition) is 5. The highest BCUT2D eigenvalue weighted by molar-refractivity contribution is 6.08. The fourth-order valence-electron chi connectivity index (χ4n) is 4.59. The topological polar surface area (TPSA) is 104 Å². The molecule has 0 bridgehead atoms. The summed E-state index contributed by atoms with van der Waals surface area (Å²) in [6.07, 6.45) is 0.324. The molecule has 35 heavy (non-hydrogen) atoms. The van der Waals surface area contributed by atoms with E-state index in [-0.39, 0.29) is 12.0 Å². The predicted molar refractivity (Wildman–Crippen MR) is 139 cm³/mol. The molecule has 1 saturated heterocycles. The molecule has 4 aromatic rings. The molecule has 8 nitrogen and oxygen atoms in total. The normalized spacial score (nSPS) is 14.4. The van der Waals surface area contributed by atoms with E-state index in [1.54, 1.807) is 23.1 Å². The minimum atomic E-state index is -0.377. The standard InChI is InChI=1S/C27H29N5O3/c1-3-19-20-6-4-5-7-21(20)25(35-27(34)32-12-10-31(2)11-13-32)16-23(19)30-26(33)24-15-17-14-18(28)8-9-22(17)29-24/h4-9,14-16,29H,3,10-13,28H2,1-2H3,(H,30,33). The van der Waals surface area contributed by atoms with E-state index in [1.807, 2.05) is 50.4 Å². The Morgan fingerprint density at radius 2 is 1.77 bits per heavy atom. The van der Waals surface area contributed by atoms with Gasteiger partial charge < -0.3 is 30.6 Å². The predicted octanol–water partition coefficient (Wildman–Crippen LogP) is 4.46. The van der Waals surface area contributed by atoms with Gasteiger partial charge in [0.05, 0.1) is 0 Å². The van der Waals surface area contributed by atoms with E-state index in [4.69, 9.17) is 10.5 Å². The van der Waals surface area contributed by atoms with E-state index in [0.29, 0.717) is 42.3 Å². The largest absolute Gasteiger partial charge is 0.415 e. The van der Waals surface area contributed by atoms with E-state index >= 15 is 0 Å². The SMILES string of the molecule is CCc1c(NC(=O)c2cc3cc(N)ccc3[nH]2)cc(OC(=O)N2CCN(C)CC2)c2ccccc12. The lowest BCUT2D eigenvalue weighted by Crippen LogP contribution is -2.48. The van der Waals surface area contributed by atoms with Crippen LogP contribution in [-0.2, 0) is 6.42 Å². The van der Waals surface area contributed by atoms with E-state index < -0.39 is 0 Å². The summed E-state index contributed by atoms with van der Waals surface area (Å²) in [6.45, 7) is 4.90. The van der Waals surface area contributed by atoms with Gasteiger partial charge in [0.2, 0.25) is 0 Å². The van der Waals surface area contributed by atoms with Crippen LogP contribution in [-0.4, -0.2) is 60.0 Å². The Morgan fingerprint density at radius 3 is 2.51 bits per heavy atom. The monoisotopic (exact) mass is 471 g/mol. The first kappa shape index (κ1) is 22.7. The van der Waals surface area contributed by atoms with E-state index in [1.165, 1.54) is 0 Å². The number of H-pyrrole nitrogens is 1. The highest BCUT2D eigenvalue weighted by Crippen LogP contribution is 2.35. The molecule has 2 amide bonds. The van der Waals surface area contributed by atoms with Crippen LogP contribution in [0.25, 0.3) is 21.7 Å². The number of nitrogens with two attached hydrogens (primary N) is 1. The Kier molecular flexibility index (Phi) is 6.05. The number of piperazine rings is 1. The number of hydrogen-bond donors (Lipinski definition) is 3. The number of nitrogen functional groups attached to an aromatic ring is 1. The highest BCUT2D eigenvalue weighted by Gasteiger charge is 2.23. The van der Waals surface area contributed by atoms with Gasteiger partial charge in [-0.15, -0.1) is 0 Å². The molecule has 0 spiro atoms. The van der Waals surface area contributed by atoms with Gasteiger partial charge >= 0.3 is 6.09 Å². The number of nitrogens with zero attached hydrogens (tertiary/aromatic N) is 2. The minimum absolute atomic E-state index is 0.277. The molecular weight excluding hydrogens is 442 g/mol. The molecule has 1 aliphatic heterocycles. The zero-order valence-corrected chi connectivity index (χ0v) is 19.9. The maximum absolute atomic E-state index is 13.2. The number of aromatic nitrogens is 1. The van der Waals surface area contributed by atoms with Crippen LogP contribution in [0.1, 0.15) is 23.0 Å². The molecule has 0 unspecified atom stereocenters. The second kappa shape index (κ2) is 9.31. The van der Waals surface area contributed by atoms with Crippen molar-refractivity contribution in [2.24, 2.45) is 0 Å². The maximum Gasteiger partial charge on any atom is 0.415 e. The van der Waals surface area contributed by atoms with Crippen molar-refractivity contribution in [3.05, 3.63) is 65.9 Å². The smallest absolute Gasteiger partial charge is 0.409 e. The second-order valence-electron chi connectivity index (χ2n) is 8.94. The number of rotatable bonds is 4. The average molecular weight is 472 g/mol. The van der Waals surface area contributed by atoms with Gasteiger partial charge in [0.1, 0.15) is 11.4 Å². The molecular formula is C27H29N5O3. The molecule has 5 rings (SSSR count). The lowest BCUT2D eigenvalue weighted by Gasteiger charge is -2.31. The molecule has 3 aromatic carbocycles. The third-order valence-corrected chi connectivity index (χ3v) is 6.57. The first-order chi connectivity index (χ1) is 16.9. The van der Waals surface area contributed by atoms with Crippen LogP contribution >= 0.6 is 0 Å². The third-order valence-electron chi connectivity index (χ3n) is 6.57. The van der Waals surface area contributed by atoms with Crippen LogP contribution in [0.4, 0.5) is 16.2 Å². The van der Waals surface area contributed by atoms with Gasteiger partial charge in [-0.05, 0) is 48.7 Å². The summed E-state index contributed by atoms with van der Waals surface area (Å²) in [5, 5.41) is 5.68. The third kappa shape index (κ3) is 4.52. The summed E-state index contributed by atoms with van der Waals surface area (Å²) >= 11 is 0. The van der Waals surface area contributed by atoms with Gasteiger partial charge in [0.25, 0.3) is 5.91 Å². The number of nitrogens with one attached hydrogen (secondary N) is 2. The summed E-state index contributed by atoms with van der Waals surface area (Å²) in [5.41, 5.74) is 9.38. The Labute approximate surface area is 203 Å². The summed E-state index contributed by atoms with van der Waals surface area (Å²) in [7, 11) is 2.04. The summed E-state index contributed by atoms with van der Waals surface area (Å²) in [4.78, 5) is 33.2. The number of benzene rings is 3. The van der Waals surface area contributed by atoms with Crippen LogP contribution in [0.3, 0.4) is 0 Å². The average Bonchev–Trinajstić information content (AvgIpc) is 3.28. The molecule has 0 radical (unpaired) electrons. The first-order valence-electron chi connectivity index (χ1n) is 11.8. The number of carbonyl (C=O) groups excluding carboxylic acids is 2. The molecule has 8 heteroatoms. The maximum atomic E-state index is 13.2. The van der Waals surface area contributed by atoms with Gasteiger partial charge in [0, 0.05) is 59.9 Å².